The highest BCUT2D eigenvalue weighted by Crippen LogP contribution is 2.31. The van der Waals surface area contributed by atoms with E-state index in [1.165, 1.54) is 10.2 Å². The zero-order valence-electron chi connectivity index (χ0n) is 8.35. The van der Waals surface area contributed by atoms with Gasteiger partial charge in [-0.3, -0.25) is 0 Å². The molecule has 3 heterocycles. The van der Waals surface area contributed by atoms with Crippen molar-refractivity contribution in [1.29, 1.82) is 0 Å². The van der Waals surface area contributed by atoms with Crippen molar-refractivity contribution in [3.63, 3.8) is 0 Å². The summed E-state index contributed by atoms with van der Waals surface area (Å²) < 4.78 is 7.65. The average molecular weight is 223 g/mol. The Morgan fingerprint density at radius 3 is 3.27 bits per heavy atom. The summed E-state index contributed by atoms with van der Waals surface area (Å²) in [5.41, 5.74) is 1.01. The number of fused-ring (bicyclic) bond motifs is 1. The summed E-state index contributed by atoms with van der Waals surface area (Å²) in [6.07, 6.45) is 1.05. The van der Waals surface area contributed by atoms with Gasteiger partial charge in [0.25, 0.3) is 0 Å². The molecule has 0 aromatic carbocycles. The summed E-state index contributed by atoms with van der Waals surface area (Å²) in [6, 6.07) is 4.58. The van der Waals surface area contributed by atoms with Crippen LogP contribution in [0.5, 0.6) is 0 Å². The van der Waals surface area contributed by atoms with Crippen LogP contribution in [-0.2, 0) is 11.3 Å². The highest BCUT2D eigenvalue weighted by atomic mass is 32.1. The topological polar surface area (TPSA) is 34.4 Å². The number of hydrogen-bond donors (Lipinski definition) is 1. The van der Waals surface area contributed by atoms with Crippen molar-refractivity contribution in [3.05, 3.63) is 23.2 Å². The molecule has 1 fully saturated rings. The molecule has 2 aromatic heterocycles. The van der Waals surface area contributed by atoms with Crippen LogP contribution in [0.3, 0.4) is 0 Å². The maximum absolute atomic E-state index is 9.34. The van der Waals surface area contributed by atoms with Gasteiger partial charge in [-0.15, -0.1) is 11.3 Å². The molecule has 3 nitrogen and oxygen atoms in total. The molecular weight excluding hydrogens is 210 g/mol. The van der Waals surface area contributed by atoms with Crippen molar-refractivity contribution in [3.8, 4) is 0 Å². The van der Waals surface area contributed by atoms with Gasteiger partial charge >= 0.3 is 0 Å². The van der Waals surface area contributed by atoms with Crippen LogP contribution in [0.25, 0.3) is 10.2 Å². The van der Waals surface area contributed by atoms with Gasteiger partial charge in [0.2, 0.25) is 0 Å². The standard InChI is InChI=1S/C11H13NO2S/c13-6-10-5-8-2-4-15-11(8)12(10)9-1-3-14-7-9/h2,4-5,9,13H,1,3,6-7H2. The summed E-state index contributed by atoms with van der Waals surface area (Å²) in [6.45, 7) is 1.72. The van der Waals surface area contributed by atoms with Crippen molar-refractivity contribution in [2.75, 3.05) is 13.2 Å². The molecule has 0 bridgehead atoms. The van der Waals surface area contributed by atoms with Gasteiger partial charge in [-0.1, -0.05) is 0 Å². The van der Waals surface area contributed by atoms with Gasteiger partial charge in [-0.25, -0.2) is 0 Å². The lowest BCUT2D eigenvalue weighted by molar-refractivity contribution is 0.185. The third-order valence-corrected chi connectivity index (χ3v) is 3.89. The molecule has 1 aliphatic heterocycles. The number of aliphatic hydroxyl groups excluding tert-OH is 1. The second kappa shape index (κ2) is 3.63. The van der Waals surface area contributed by atoms with E-state index < -0.39 is 0 Å². The Hall–Kier alpha value is -0.840. The van der Waals surface area contributed by atoms with Crippen LogP contribution >= 0.6 is 11.3 Å². The number of ether oxygens (including phenoxy) is 1. The quantitative estimate of drug-likeness (QED) is 0.846. The number of rotatable bonds is 2. The third-order valence-electron chi connectivity index (χ3n) is 2.96. The molecule has 4 heteroatoms. The number of nitrogens with zero attached hydrogens (tertiary/aromatic N) is 1. The fourth-order valence-electron chi connectivity index (χ4n) is 2.24. The summed E-state index contributed by atoms with van der Waals surface area (Å²) >= 11 is 1.73. The van der Waals surface area contributed by atoms with Crippen molar-refractivity contribution in [2.45, 2.75) is 19.1 Å². The summed E-state index contributed by atoms with van der Waals surface area (Å²) in [4.78, 5) is 1.26. The fourth-order valence-corrected chi connectivity index (χ4v) is 3.23. The number of aromatic nitrogens is 1. The highest BCUT2D eigenvalue weighted by molar-refractivity contribution is 7.16. The number of thiophene rings is 1. The molecule has 0 amide bonds. The van der Waals surface area contributed by atoms with Crippen LogP contribution in [0.2, 0.25) is 0 Å². The SMILES string of the molecule is OCc1cc2ccsc2n1C1CCOC1. The molecule has 2 aromatic rings. The Morgan fingerprint density at radius 2 is 2.53 bits per heavy atom. The normalized spacial score (nSPS) is 21.5. The lowest BCUT2D eigenvalue weighted by atomic mass is 10.2. The maximum atomic E-state index is 9.34. The van der Waals surface area contributed by atoms with E-state index in [2.05, 4.69) is 22.1 Å². The minimum absolute atomic E-state index is 0.109. The molecule has 1 saturated heterocycles. The van der Waals surface area contributed by atoms with Gasteiger partial charge in [-0.2, -0.15) is 0 Å². The number of aliphatic hydroxyl groups is 1. The monoisotopic (exact) mass is 223 g/mol. The van der Waals surface area contributed by atoms with Crippen LogP contribution in [-0.4, -0.2) is 22.9 Å². The van der Waals surface area contributed by atoms with Crippen LogP contribution in [0.15, 0.2) is 17.5 Å². The van der Waals surface area contributed by atoms with Crippen molar-refractivity contribution >= 4 is 21.6 Å². The van der Waals surface area contributed by atoms with Crippen molar-refractivity contribution < 1.29 is 9.84 Å². The van der Waals surface area contributed by atoms with Gasteiger partial charge in [0, 0.05) is 17.7 Å². The van der Waals surface area contributed by atoms with Gasteiger partial charge in [-0.05, 0) is 23.9 Å². The lowest BCUT2D eigenvalue weighted by Gasteiger charge is -2.14. The Balaban J connectivity index is 2.15. The highest BCUT2D eigenvalue weighted by Gasteiger charge is 2.22. The summed E-state index contributed by atoms with van der Waals surface area (Å²) in [5, 5.41) is 12.7. The minimum Gasteiger partial charge on any atom is -0.390 e. The molecule has 15 heavy (non-hydrogen) atoms. The molecule has 1 N–H and O–H groups in total. The molecule has 0 saturated carbocycles. The van der Waals surface area contributed by atoms with Gasteiger partial charge in [0.1, 0.15) is 4.83 Å². The van der Waals surface area contributed by atoms with E-state index in [0.29, 0.717) is 6.04 Å². The zero-order chi connectivity index (χ0) is 10.3. The van der Waals surface area contributed by atoms with E-state index in [4.69, 9.17) is 4.74 Å². The molecule has 0 aliphatic carbocycles. The minimum atomic E-state index is 0.109. The van der Waals surface area contributed by atoms with E-state index >= 15 is 0 Å². The Morgan fingerprint density at radius 1 is 1.60 bits per heavy atom. The second-order valence-electron chi connectivity index (χ2n) is 3.86. The van der Waals surface area contributed by atoms with Crippen molar-refractivity contribution in [2.24, 2.45) is 0 Å². The first kappa shape index (κ1) is 9.39. The van der Waals surface area contributed by atoms with Gasteiger partial charge < -0.3 is 14.4 Å². The maximum Gasteiger partial charge on any atom is 0.103 e. The predicted molar refractivity (Wildman–Crippen MR) is 60.2 cm³/mol. The largest absolute Gasteiger partial charge is 0.390 e. The van der Waals surface area contributed by atoms with E-state index in [9.17, 15) is 5.11 Å². The molecule has 1 aliphatic rings. The van der Waals surface area contributed by atoms with E-state index in [-0.39, 0.29) is 6.61 Å². The summed E-state index contributed by atoms with van der Waals surface area (Å²) in [5.74, 6) is 0. The smallest absolute Gasteiger partial charge is 0.103 e. The van der Waals surface area contributed by atoms with Gasteiger partial charge in [0.05, 0.1) is 19.3 Å². The van der Waals surface area contributed by atoms with Crippen LogP contribution in [0, 0.1) is 0 Å². The van der Waals surface area contributed by atoms with E-state index in [1.807, 2.05) is 0 Å². The Kier molecular flexibility index (Phi) is 2.27. The molecular formula is C11H13NO2S. The van der Waals surface area contributed by atoms with E-state index in [1.54, 1.807) is 11.3 Å². The van der Waals surface area contributed by atoms with Crippen LogP contribution in [0.1, 0.15) is 18.2 Å². The third kappa shape index (κ3) is 1.40. The fraction of sp³-hybridized carbons (Fsp3) is 0.455. The first-order valence-corrected chi connectivity index (χ1v) is 6.04. The molecule has 0 spiro atoms. The molecule has 0 radical (unpaired) electrons. The Bertz CT molecular complexity index is 468. The van der Waals surface area contributed by atoms with Crippen LogP contribution < -0.4 is 0 Å². The molecule has 3 rings (SSSR count). The first-order valence-electron chi connectivity index (χ1n) is 5.16. The number of hydrogen-bond acceptors (Lipinski definition) is 3. The predicted octanol–water partition coefficient (Wildman–Crippen LogP) is 2.16. The van der Waals surface area contributed by atoms with E-state index in [0.717, 1.165) is 25.3 Å². The second-order valence-corrected chi connectivity index (χ2v) is 4.76. The first-order chi connectivity index (χ1) is 7.40. The molecule has 1 unspecified atom stereocenters. The molecule has 1 atom stereocenters. The Labute approximate surface area is 91.9 Å². The molecule has 80 valence electrons. The van der Waals surface area contributed by atoms with Gasteiger partial charge in [0.15, 0.2) is 0 Å². The van der Waals surface area contributed by atoms with Crippen LogP contribution in [0.4, 0.5) is 0 Å². The van der Waals surface area contributed by atoms with Crippen molar-refractivity contribution in [1.82, 2.24) is 4.57 Å². The average Bonchev–Trinajstić information content (AvgIpc) is 2.92. The lowest BCUT2D eigenvalue weighted by Crippen LogP contribution is -2.11. The zero-order valence-corrected chi connectivity index (χ0v) is 9.17. The summed E-state index contributed by atoms with van der Waals surface area (Å²) in [7, 11) is 0.